The molecule has 3 heteroatoms. The first-order valence-corrected chi connectivity index (χ1v) is 4.33. The quantitative estimate of drug-likeness (QED) is 0.709. The van der Waals surface area contributed by atoms with Crippen molar-refractivity contribution >= 4 is 11.6 Å². The van der Waals surface area contributed by atoms with Gasteiger partial charge in [0.25, 0.3) is 0 Å². The molecule has 1 atom stereocenters. The molecule has 0 unspecified atom stereocenters. The maximum absolute atomic E-state index is 12.8. The summed E-state index contributed by atoms with van der Waals surface area (Å²) in [6, 6.07) is 4.96. The maximum Gasteiger partial charge on any atom is 0.125 e. The summed E-state index contributed by atoms with van der Waals surface area (Å²) in [5.41, 5.74) is 0.950. The van der Waals surface area contributed by atoms with Gasteiger partial charge in [-0.3, -0.25) is 0 Å². The molecular weight excluding hydrogens is 177 g/mol. The minimum absolute atomic E-state index is 0.258. The fourth-order valence-electron chi connectivity index (χ4n) is 1.35. The van der Waals surface area contributed by atoms with Crippen molar-refractivity contribution in [2.75, 3.05) is 6.54 Å². The molecule has 0 spiro atoms. The lowest BCUT2D eigenvalue weighted by Gasteiger charge is -2.28. The first-order chi connectivity index (χ1) is 5.75. The van der Waals surface area contributed by atoms with Crippen LogP contribution in [0.5, 0.6) is 0 Å². The molecule has 1 aliphatic rings. The van der Waals surface area contributed by atoms with Crippen LogP contribution in [-0.2, 0) is 0 Å². The van der Waals surface area contributed by atoms with Crippen molar-refractivity contribution in [1.82, 2.24) is 5.32 Å². The second kappa shape index (κ2) is 3.04. The number of hydrogen-bond donors (Lipinski definition) is 1. The van der Waals surface area contributed by atoms with E-state index in [1.807, 2.05) is 6.07 Å². The Morgan fingerprint density at radius 3 is 2.67 bits per heavy atom. The molecule has 0 aromatic heterocycles. The van der Waals surface area contributed by atoms with Crippen LogP contribution in [0.4, 0.5) is 4.39 Å². The van der Waals surface area contributed by atoms with Crippen LogP contribution in [-0.4, -0.2) is 6.54 Å². The van der Waals surface area contributed by atoms with Crippen LogP contribution in [0.2, 0.25) is 5.02 Å². The first-order valence-electron chi connectivity index (χ1n) is 3.95. The van der Waals surface area contributed by atoms with Crippen LogP contribution < -0.4 is 5.32 Å². The fourth-order valence-corrected chi connectivity index (χ4v) is 1.58. The van der Waals surface area contributed by atoms with Crippen molar-refractivity contribution in [2.24, 2.45) is 0 Å². The van der Waals surface area contributed by atoms with Gasteiger partial charge in [0.2, 0.25) is 0 Å². The van der Waals surface area contributed by atoms with Crippen molar-refractivity contribution in [3.8, 4) is 0 Å². The van der Waals surface area contributed by atoms with Gasteiger partial charge >= 0.3 is 0 Å². The predicted molar refractivity (Wildman–Crippen MR) is 46.8 cm³/mol. The molecular formula is C9H9ClFN. The van der Waals surface area contributed by atoms with Crippen molar-refractivity contribution < 1.29 is 4.39 Å². The van der Waals surface area contributed by atoms with E-state index < -0.39 is 0 Å². The SMILES string of the molecule is Fc1cc(Cl)cc([C@@H]2CCN2)c1. The zero-order valence-electron chi connectivity index (χ0n) is 6.48. The molecule has 1 heterocycles. The number of halogens is 2. The molecule has 64 valence electrons. The molecule has 1 fully saturated rings. The van der Waals surface area contributed by atoms with Gasteiger partial charge in [0, 0.05) is 11.1 Å². The summed E-state index contributed by atoms with van der Waals surface area (Å²) in [5, 5.41) is 3.66. The lowest BCUT2D eigenvalue weighted by molar-refractivity contribution is 0.382. The van der Waals surface area contributed by atoms with E-state index in [0.717, 1.165) is 18.5 Å². The van der Waals surface area contributed by atoms with Gasteiger partial charge in [-0.2, -0.15) is 0 Å². The van der Waals surface area contributed by atoms with Gasteiger partial charge in [0.1, 0.15) is 5.82 Å². The van der Waals surface area contributed by atoms with E-state index in [0.29, 0.717) is 11.1 Å². The number of rotatable bonds is 1. The summed E-state index contributed by atoms with van der Waals surface area (Å²) in [6.07, 6.45) is 1.07. The molecule has 12 heavy (non-hydrogen) atoms. The Balaban J connectivity index is 2.30. The monoisotopic (exact) mass is 185 g/mol. The van der Waals surface area contributed by atoms with Crippen LogP contribution >= 0.6 is 11.6 Å². The molecule has 1 saturated heterocycles. The van der Waals surface area contributed by atoms with Gasteiger partial charge in [-0.05, 0) is 36.7 Å². The molecule has 0 aliphatic carbocycles. The molecule has 2 rings (SSSR count). The standard InChI is InChI=1S/C9H9ClFN/c10-7-3-6(4-8(11)5-7)9-1-2-12-9/h3-5,9,12H,1-2H2/t9-/m0/s1. The maximum atomic E-state index is 12.8. The Bertz CT molecular complexity index is 276. The predicted octanol–water partition coefficient (Wildman–Crippen LogP) is 2.51. The molecule has 0 saturated carbocycles. The van der Waals surface area contributed by atoms with E-state index in [2.05, 4.69) is 5.32 Å². The first kappa shape index (κ1) is 8.02. The van der Waals surface area contributed by atoms with Crippen molar-refractivity contribution in [3.05, 3.63) is 34.6 Å². The number of benzene rings is 1. The van der Waals surface area contributed by atoms with Crippen LogP contribution in [0.15, 0.2) is 18.2 Å². The second-order valence-electron chi connectivity index (χ2n) is 3.00. The zero-order valence-corrected chi connectivity index (χ0v) is 7.24. The summed E-state index contributed by atoms with van der Waals surface area (Å²) >= 11 is 5.71. The van der Waals surface area contributed by atoms with Crippen LogP contribution in [0.25, 0.3) is 0 Å². The molecule has 0 amide bonds. The minimum atomic E-state index is -0.258. The Morgan fingerprint density at radius 2 is 2.17 bits per heavy atom. The molecule has 1 N–H and O–H groups in total. The normalized spacial score (nSPS) is 22.0. The third-order valence-electron chi connectivity index (χ3n) is 2.11. The van der Waals surface area contributed by atoms with Gasteiger partial charge in [0.15, 0.2) is 0 Å². The van der Waals surface area contributed by atoms with E-state index in [4.69, 9.17) is 11.6 Å². The average Bonchev–Trinajstić information content (AvgIpc) is 1.79. The molecule has 1 aromatic carbocycles. The Morgan fingerprint density at radius 1 is 1.42 bits per heavy atom. The highest BCUT2D eigenvalue weighted by molar-refractivity contribution is 6.30. The van der Waals surface area contributed by atoms with E-state index in [-0.39, 0.29) is 5.82 Å². The number of nitrogens with one attached hydrogen (secondary N) is 1. The average molecular weight is 186 g/mol. The van der Waals surface area contributed by atoms with E-state index in [9.17, 15) is 4.39 Å². The van der Waals surface area contributed by atoms with Gasteiger partial charge in [-0.25, -0.2) is 4.39 Å². The van der Waals surface area contributed by atoms with Crippen molar-refractivity contribution in [1.29, 1.82) is 0 Å². The molecule has 1 aromatic rings. The summed E-state index contributed by atoms with van der Waals surface area (Å²) in [5.74, 6) is -0.258. The van der Waals surface area contributed by atoms with Crippen molar-refractivity contribution in [3.63, 3.8) is 0 Å². The molecule has 0 bridgehead atoms. The Hall–Kier alpha value is -0.600. The third kappa shape index (κ3) is 1.45. The largest absolute Gasteiger partial charge is 0.310 e. The van der Waals surface area contributed by atoms with Gasteiger partial charge < -0.3 is 5.32 Å². The summed E-state index contributed by atoms with van der Waals surface area (Å²) < 4.78 is 12.8. The smallest absolute Gasteiger partial charge is 0.125 e. The highest BCUT2D eigenvalue weighted by Crippen LogP contribution is 2.25. The van der Waals surface area contributed by atoms with Crippen molar-refractivity contribution in [2.45, 2.75) is 12.5 Å². The topological polar surface area (TPSA) is 12.0 Å². The molecule has 1 aliphatic heterocycles. The van der Waals surface area contributed by atoms with E-state index in [1.165, 1.54) is 12.1 Å². The minimum Gasteiger partial charge on any atom is -0.310 e. The third-order valence-corrected chi connectivity index (χ3v) is 2.33. The van der Waals surface area contributed by atoms with Gasteiger partial charge in [-0.15, -0.1) is 0 Å². The Labute approximate surface area is 75.5 Å². The highest BCUT2D eigenvalue weighted by Gasteiger charge is 2.18. The lowest BCUT2D eigenvalue weighted by atomic mass is 9.98. The fraction of sp³-hybridized carbons (Fsp3) is 0.333. The number of hydrogen-bond acceptors (Lipinski definition) is 1. The molecule has 0 radical (unpaired) electrons. The van der Waals surface area contributed by atoms with Gasteiger partial charge in [-0.1, -0.05) is 11.6 Å². The van der Waals surface area contributed by atoms with Crippen LogP contribution in [0.1, 0.15) is 18.0 Å². The van der Waals surface area contributed by atoms with Gasteiger partial charge in [0.05, 0.1) is 0 Å². The highest BCUT2D eigenvalue weighted by atomic mass is 35.5. The van der Waals surface area contributed by atoms with E-state index in [1.54, 1.807) is 0 Å². The summed E-state index contributed by atoms with van der Waals surface area (Å²) in [4.78, 5) is 0. The summed E-state index contributed by atoms with van der Waals surface area (Å²) in [7, 11) is 0. The summed E-state index contributed by atoms with van der Waals surface area (Å²) in [6.45, 7) is 1.01. The Kier molecular flexibility index (Phi) is 2.03. The second-order valence-corrected chi connectivity index (χ2v) is 3.43. The lowest BCUT2D eigenvalue weighted by Crippen LogP contribution is -2.34. The van der Waals surface area contributed by atoms with Crippen LogP contribution in [0.3, 0.4) is 0 Å². The molecule has 1 nitrogen and oxygen atoms in total. The zero-order chi connectivity index (χ0) is 8.55. The van der Waals surface area contributed by atoms with E-state index >= 15 is 0 Å². The van der Waals surface area contributed by atoms with Crippen LogP contribution in [0, 0.1) is 5.82 Å².